The fraction of sp³-hybridized carbons (Fsp3) is 0.333. The van der Waals surface area contributed by atoms with Crippen molar-refractivity contribution >= 4 is 5.91 Å². The van der Waals surface area contributed by atoms with Crippen molar-refractivity contribution in [3.8, 4) is 5.69 Å². The number of rotatable bonds is 7. The zero-order valence-corrected chi connectivity index (χ0v) is 18.6. The van der Waals surface area contributed by atoms with Crippen molar-refractivity contribution in [2.45, 2.75) is 40.2 Å². The number of carbonyl (C=O) groups excluding carboxylic acids is 1. The highest BCUT2D eigenvalue weighted by atomic mass is 19.1. The molecule has 1 N–H and O–H groups in total. The second-order valence-electron chi connectivity index (χ2n) is 8.38. The van der Waals surface area contributed by atoms with Crippen LogP contribution in [0.2, 0.25) is 0 Å². The predicted octanol–water partition coefficient (Wildman–Crippen LogP) is 3.09. The standard InChI is InChI=1S/C24H27FN4O3/c1-15(2)13-26-22(30)21-23(31)28(14-18-7-5-6-8-20(18)25)24(32)29(27-21)19-11-9-17(10-12-19)16(3)4/h5-12,15-16H,13-14H2,1-4H3,(H,26,30). The van der Waals surface area contributed by atoms with Crippen molar-refractivity contribution in [1.82, 2.24) is 19.7 Å². The second kappa shape index (κ2) is 9.72. The Morgan fingerprint density at radius 3 is 2.28 bits per heavy atom. The van der Waals surface area contributed by atoms with E-state index in [-0.39, 0.29) is 18.0 Å². The Morgan fingerprint density at radius 1 is 1.03 bits per heavy atom. The Bertz CT molecular complexity index is 1230. The van der Waals surface area contributed by atoms with Gasteiger partial charge in [-0.2, -0.15) is 9.78 Å². The van der Waals surface area contributed by atoms with E-state index in [1.165, 1.54) is 18.2 Å². The van der Waals surface area contributed by atoms with Crippen LogP contribution in [0.5, 0.6) is 0 Å². The Kier molecular flexibility index (Phi) is 7.02. The number of hydrogen-bond acceptors (Lipinski definition) is 4. The molecule has 0 unspecified atom stereocenters. The average Bonchev–Trinajstić information content (AvgIpc) is 2.76. The third-order valence-corrected chi connectivity index (χ3v) is 5.04. The number of benzene rings is 2. The van der Waals surface area contributed by atoms with Gasteiger partial charge in [0, 0.05) is 12.1 Å². The number of nitrogens with one attached hydrogen (secondary N) is 1. The number of hydrogen-bond donors (Lipinski definition) is 1. The third-order valence-electron chi connectivity index (χ3n) is 5.04. The fourth-order valence-corrected chi connectivity index (χ4v) is 3.14. The summed E-state index contributed by atoms with van der Waals surface area (Å²) >= 11 is 0. The van der Waals surface area contributed by atoms with E-state index in [2.05, 4.69) is 10.4 Å². The molecule has 1 aromatic heterocycles. The van der Waals surface area contributed by atoms with E-state index >= 15 is 0 Å². The topological polar surface area (TPSA) is 86.0 Å². The fourth-order valence-electron chi connectivity index (χ4n) is 3.14. The molecule has 8 heteroatoms. The molecule has 0 radical (unpaired) electrons. The Morgan fingerprint density at radius 2 is 1.69 bits per heavy atom. The van der Waals surface area contributed by atoms with Crippen LogP contribution in [0.25, 0.3) is 5.69 Å². The van der Waals surface area contributed by atoms with E-state index in [0.29, 0.717) is 18.2 Å². The molecule has 0 bridgehead atoms. The van der Waals surface area contributed by atoms with Crippen LogP contribution in [0.4, 0.5) is 4.39 Å². The number of halogens is 1. The highest BCUT2D eigenvalue weighted by molar-refractivity contribution is 5.91. The molecule has 0 saturated heterocycles. The quantitative estimate of drug-likeness (QED) is 0.614. The van der Waals surface area contributed by atoms with Crippen LogP contribution in [-0.2, 0) is 6.54 Å². The molecule has 1 heterocycles. The minimum atomic E-state index is -0.866. The number of nitrogens with zero attached hydrogens (tertiary/aromatic N) is 3. The van der Waals surface area contributed by atoms with Gasteiger partial charge in [-0.3, -0.25) is 14.2 Å². The lowest BCUT2D eigenvalue weighted by molar-refractivity contribution is 0.0939. The van der Waals surface area contributed by atoms with E-state index < -0.39 is 28.7 Å². The Hall–Kier alpha value is -3.55. The summed E-state index contributed by atoms with van der Waals surface area (Å²) in [6.45, 7) is 7.95. The summed E-state index contributed by atoms with van der Waals surface area (Å²) < 4.78 is 16.1. The van der Waals surface area contributed by atoms with E-state index in [1.807, 2.05) is 39.8 Å². The molecule has 32 heavy (non-hydrogen) atoms. The minimum Gasteiger partial charge on any atom is -0.350 e. The molecular weight excluding hydrogens is 411 g/mol. The summed E-state index contributed by atoms with van der Waals surface area (Å²) in [7, 11) is 0. The number of amides is 1. The number of aromatic nitrogens is 3. The first-order valence-corrected chi connectivity index (χ1v) is 10.5. The highest BCUT2D eigenvalue weighted by Crippen LogP contribution is 2.16. The van der Waals surface area contributed by atoms with Crippen LogP contribution in [0, 0.1) is 11.7 Å². The average molecular weight is 439 g/mol. The Labute approximate surface area is 185 Å². The molecule has 0 aliphatic carbocycles. The maximum Gasteiger partial charge on any atom is 0.352 e. The van der Waals surface area contributed by atoms with Crippen molar-refractivity contribution < 1.29 is 9.18 Å². The van der Waals surface area contributed by atoms with Gasteiger partial charge < -0.3 is 5.32 Å². The van der Waals surface area contributed by atoms with Gasteiger partial charge in [-0.05, 0) is 35.6 Å². The van der Waals surface area contributed by atoms with Crippen LogP contribution < -0.4 is 16.6 Å². The summed E-state index contributed by atoms with van der Waals surface area (Å²) in [5.74, 6) is -0.775. The SMILES string of the molecule is CC(C)CNC(=O)c1nn(-c2ccc(C(C)C)cc2)c(=O)n(Cc2ccccc2F)c1=O. The van der Waals surface area contributed by atoms with Crippen molar-refractivity contribution in [2.24, 2.45) is 5.92 Å². The zero-order chi connectivity index (χ0) is 23.4. The van der Waals surface area contributed by atoms with Gasteiger partial charge in [-0.15, -0.1) is 0 Å². The van der Waals surface area contributed by atoms with Crippen molar-refractivity contribution in [2.75, 3.05) is 6.54 Å². The van der Waals surface area contributed by atoms with Gasteiger partial charge in [0.1, 0.15) is 5.82 Å². The second-order valence-corrected chi connectivity index (χ2v) is 8.38. The van der Waals surface area contributed by atoms with Gasteiger partial charge in [0.2, 0.25) is 5.69 Å². The molecule has 1 amide bonds. The molecule has 168 valence electrons. The molecule has 3 aromatic rings. The lowest BCUT2D eigenvalue weighted by Crippen LogP contribution is -2.46. The lowest BCUT2D eigenvalue weighted by atomic mass is 10.0. The monoisotopic (exact) mass is 438 g/mol. The van der Waals surface area contributed by atoms with Crippen molar-refractivity contribution in [3.05, 3.63) is 92.0 Å². The molecule has 3 rings (SSSR count). The highest BCUT2D eigenvalue weighted by Gasteiger charge is 2.21. The van der Waals surface area contributed by atoms with Crippen molar-refractivity contribution in [1.29, 1.82) is 0 Å². The number of carbonyl (C=O) groups is 1. The van der Waals surface area contributed by atoms with Crippen LogP contribution in [0.3, 0.4) is 0 Å². The summed E-state index contributed by atoms with van der Waals surface area (Å²) in [6, 6.07) is 13.0. The normalized spacial score (nSPS) is 11.2. The summed E-state index contributed by atoms with van der Waals surface area (Å²) in [5, 5.41) is 6.74. The van der Waals surface area contributed by atoms with Gasteiger partial charge >= 0.3 is 5.69 Å². The zero-order valence-electron chi connectivity index (χ0n) is 18.6. The van der Waals surface area contributed by atoms with Crippen LogP contribution in [-0.4, -0.2) is 26.8 Å². The van der Waals surface area contributed by atoms with Crippen LogP contribution >= 0.6 is 0 Å². The van der Waals surface area contributed by atoms with Gasteiger partial charge in [0.05, 0.1) is 12.2 Å². The molecular formula is C24H27FN4O3. The summed E-state index contributed by atoms with van der Waals surface area (Å²) in [4.78, 5) is 38.9. The van der Waals surface area contributed by atoms with E-state index in [0.717, 1.165) is 14.8 Å². The van der Waals surface area contributed by atoms with Gasteiger partial charge in [0.15, 0.2) is 0 Å². The van der Waals surface area contributed by atoms with Crippen LogP contribution in [0.1, 0.15) is 55.2 Å². The molecule has 2 aromatic carbocycles. The molecule has 7 nitrogen and oxygen atoms in total. The van der Waals surface area contributed by atoms with Gasteiger partial charge in [-0.25, -0.2) is 9.18 Å². The van der Waals surface area contributed by atoms with Gasteiger partial charge in [0.25, 0.3) is 11.5 Å². The first-order chi connectivity index (χ1) is 15.2. The molecule has 0 aliphatic heterocycles. The van der Waals surface area contributed by atoms with E-state index in [9.17, 15) is 18.8 Å². The molecule has 0 spiro atoms. The molecule has 0 atom stereocenters. The smallest absolute Gasteiger partial charge is 0.350 e. The maximum atomic E-state index is 14.2. The largest absolute Gasteiger partial charge is 0.352 e. The van der Waals surface area contributed by atoms with Crippen LogP contribution in [0.15, 0.2) is 58.1 Å². The Balaban J connectivity index is 2.16. The van der Waals surface area contributed by atoms with E-state index in [4.69, 9.17) is 0 Å². The first kappa shape index (κ1) is 23.1. The minimum absolute atomic E-state index is 0.160. The molecule has 0 aliphatic rings. The molecule has 0 fully saturated rings. The molecule has 0 saturated carbocycles. The predicted molar refractivity (Wildman–Crippen MR) is 121 cm³/mol. The first-order valence-electron chi connectivity index (χ1n) is 10.5. The summed E-state index contributed by atoms with van der Waals surface area (Å²) in [5.41, 5.74) is -0.413. The van der Waals surface area contributed by atoms with E-state index in [1.54, 1.807) is 18.2 Å². The summed E-state index contributed by atoms with van der Waals surface area (Å²) in [6.07, 6.45) is 0. The van der Waals surface area contributed by atoms with Gasteiger partial charge in [-0.1, -0.05) is 58.0 Å². The maximum absolute atomic E-state index is 14.2. The third kappa shape index (κ3) is 5.01. The lowest BCUT2D eigenvalue weighted by Gasteiger charge is -2.14. The van der Waals surface area contributed by atoms with Crippen molar-refractivity contribution in [3.63, 3.8) is 0 Å².